The summed E-state index contributed by atoms with van der Waals surface area (Å²) >= 11 is 2.55. The Morgan fingerprint density at radius 1 is 1.36 bits per heavy atom. The molecule has 1 aromatic heterocycles. The molecule has 3 aromatic rings. The maximum Gasteiger partial charge on any atom is 0.270 e. The van der Waals surface area contributed by atoms with Crippen molar-refractivity contribution < 1.29 is 10.0 Å². The average molecular weight is 411 g/mol. The van der Waals surface area contributed by atoms with Gasteiger partial charge in [-0.25, -0.2) is 0 Å². The number of phenols is 1. The van der Waals surface area contributed by atoms with Gasteiger partial charge in [0.15, 0.2) is 0 Å². The molecule has 10 heteroatoms. The summed E-state index contributed by atoms with van der Waals surface area (Å²) in [7, 11) is 0. The Morgan fingerprint density at radius 3 is 2.86 bits per heavy atom. The summed E-state index contributed by atoms with van der Waals surface area (Å²) in [4.78, 5) is 10.3. The van der Waals surface area contributed by atoms with Gasteiger partial charge in [-0.05, 0) is 23.2 Å². The summed E-state index contributed by atoms with van der Waals surface area (Å²) in [5.74, 6) is 0.545. The van der Waals surface area contributed by atoms with Crippen LogP contribution in [-0.4, -0.2) is 20.6 Å². The summed E-state index contributed by atoms with van der Waals surface area (Å²) in [6.45, 7) is 0. The van der Waals surface area contributed by atoms with E-state index in [2.05, 4.69) is 21.0 Å². The predicted molar refractivity (Wildman–Crippen MR) is 109 cm³/mol. The maximum atomic E-state index is 10.8. The van der Waals surface area contributed by atoms with Crippen LogP contribution in [-0.2, 0) is 5.75 Å². The van der Waals surface area contributed by atoms with Crippen molar-refractivity contribution in [2.75, 3.05) is 5.43 Å². The number of aromatic hydroxyl groups is 1. The normalized spacial score (nSPS) is 10.7. The molecule has 2 N–H and O–H groups in total. The van der Waals surface area contributed by atoms with E-state index < -0.39 is 4.92 Å². The summed E-state index contributed by atoms with van der Waals surface area (Å²) in [5.41, 5.74) is 4.25. The zero-order valence-electron chi connectivity index (χ0n) is 14.3. The molecular weight excluding hydrogens is 398 g/mol. The van der Waals surface area contributed by atoms with E-state index in [0.29, 0.717) is 21.3 Å². The van der Waals surface area contributed by atoms with Gasteiger partial charge in [-0.1, -0.05) is 42.1 Å². The molecule has 0 radical (unpaired) electrons. The first kappa shape index (κ1) is 19.3. The molecule has 0 atom stereocenters. The summed E-state index contributed by atoms with van der Waals surface area (Å²) in [6.07, 6.45) is 1.25. The Balaban J connectivity index is 1.71. The van der Waals surface area contributed by atoms with Crippen molar-refractivity contribution in [3.8, 4) is 11.8 Å². The van der Waals surface area contributed by atoms with Crippen molar-refractivity contribution in [3.63, 3.8) is 0 Å². The van der Waals surface area contributed by atoms with Crippen LogP contribution in [0.4, 0.5) is 10.7 Å². The lowest BCUT2D eigenvalue weighted by Crippen LogP contribution is -1.93. The first-order valence-electron chi connectivity index (χ1n) is 7.91. The van der Waals surface area contributed by atoms with E-state index in [-0.39, 0.29) is 17.0 Å². The number of nitro groups is 1. The second-order valence-electron chi connectivity index (χ2n) is 5.45. The van der Waals surface area contributed by atoms with Gasteiger partial charge in [0.1, 0.15) is 27.4 Å². The van der Waals surface area contributed by atoms with Crippen LogP contribution >= 0.6 is 23.3 Å². The second-order valence-corrected chi connectivity index (χ2v) is 7.19. The van der Waals surface area contributed by atoms with Crippen LogP contribution in [0.1, 0.15) is 16.7 Å². The highest BCUT2D eigenvalue weighted by Crippen LogP contribution is 2.33. The molecule has 0 aliphatic heterocycles. The fourth-order valence-corrected chi connectivity index (χ4v) is 3.96. The number of benzene rings is 2. The van der Waals surface area contributed by atoms with Gasteiger partial charge in [-0.3, -0.25) is 15.5 Å². The third kappa shape index (κ3) is 4.64. The van der Waals surface area contributed by atoms with Crippen LogP contribution in [0, 0.1) is 21.4 Å². The van der Waals surface area contributed by atoms with E-state index in [1.807, 2.05) is 30.3 Å². The SMILES string of the molecule is N#Cc1c(SCc2ccccc2)nsc1N/N=C/c1cc([N+](=O)[O-])ccc1O. The van der Waals surface area contributed by atoms with Crippen LogP contribution in [0.5, 0.6) is 5.75 Å². The van der Waals surface area contributed by atoms with Gasteiger partial charge in [0.2, 0.25) is 0 Å². The summed E-state index contributed by atoms with van der Waals surface area (Å²) in [5, 5.41) is 35.1. The largest absolute Gasteiger partial charge is 0.507 e. The van der Waals surface area contributed by atoms with Crippen LogP contribution < -0.4 is 5.43 Å². The zero-order chi connectivity index (χ0) is 19.9. The Kier molecular flexibility index (Phi) is 6.21. The number of nitrogens with zero attached hydrogens (tertiary/aromatic N) is 4. The topological polar surface area (TPSA) is 124 Å². The maximum absolute atomic E-state index is 10.8. The molecular formula is C18H13N5O3S2. The van der Waals surface area contributed by atoms with Gasteiger partial charge in [0.05, 0.1) is 11.1 Å². The Bertz CT molecular complexity index is 1060. The number of hydrogen-bond donors (Lipinski definition) is 2. The zero-order valence-corrected chi connectivity index (χ0v) is 15.9. The predicted octanol–water partition coefficient (Wildman–Crippen LogP) is 4.37. The Morgan fingerprint density at radius 2 is 2.14 bits per heavy atom. The molecule has 0 saturated heterocycles. The number of aromatic nitrogens is 1. The highest BCUT2D eigenvalue weighted by molar-refractivity contribution is 7.98. The number of non-ortho nitro benzene ring substituents is 1. The van der Waals surface area contributed by atoms with E-state index in [9.17, 15) is 20.5 Å². The van der Waals surface area contributed by atoms with Crippen molar-refractivity contribution in [3.05, 3.63) is 75.3 Å². The van der Waals surface area contributed by atoms with Gasteiger partial charge in [0, 0.05) is 23.4 Å². The highest BCUT2D eigenvalue weighted by Gasteiger charge is 2.14. The van der Waals surface area contributed by atoms with Crippen molar-refractivity contribution in [1.29, 1.82) is 5.26 Å². The van der Waals surface area contributed by atoms with E-state index in [1.54, 1.807) is 0 Å². The second kappa shape index (κ2) is 8.98. The number of nitrogens with one attached hydrogen (secondary N) is 1. The molecule has 0 aliphatic rings. The summed E-state index contributed by atoms with van der Waals surface area (Å²) < 4.78 is 4.29. The van der Waals surface area contributed by atoms with Crippen molar-refractivity contribution in [2.24, 2.45) is 5.10 Å². The lowest BCUT2D eigenvalue weighted by Gasteiger charge is -2.00. The van der Waals surface area contributed by atoms with Crippen molar-refractivity contribution >= 4 is 40.2 Å². The highest BCUT2D eigenvalue weighted by atomic mass is 32.2. The monoisotopic (exact) mass is 411 g/mol. The minimum absolute atomic E-state index is 0.139. The number of anilines is 1. The Hall–Kier alpha value is -3.42. The molecule has 0 fully saturated rings. The molecule has 0 saturated carbocycles. The van der Waals surface area contributed by atoms with E-state index in [4.69, 9.17) is 0 Å². The lowest BCUT2D eigenvalue weighted by atomic mass is 10.2. The van der Waals surface area contributed by atoms with Gasteiger partial charge < -0.3 is 5.11 Å². The molecule has 0 aliphatic carbocycles. The fourth-order valence-electron chi connectivity index (χ4n) is 2.19. The standard InChI is InChI=1S/C18H13N5O3S2/c19-9-15-17(28-22-18(15)27-11-12-4-2-1-3-5-12)21-20-10-13-8-14(23(25)26)6-7-16(13)24/h1-8,10,21,24H,11H2/b20-10+. The van der Waals surface area contributed by atoms with E-state index >= 15 is 0 Å². The molecule has 2 aromatic carbocycles. The number of hydrazone groups is 1. The van der Waals surface area contributed by atoms with Gasteiger partial charge in [0.25, 0.3) is 5.69 Å². The van der Waals surface area contributed by atoms with Crippen LogP contribution in [0.3, 0.4) is 0 Å². The minimum atomic E-state index is -0.558. The molecule has 1 heterocycles. The molecule has 3 rings (SSSR count). The number of thioether (sulfide) groups is 1. The number of nitro benzene ring substituents is 1. The number of hydrogen-bond acceptors (Lipinski definition) is 9. The average Bonchev–Trinajstić information content (AvgIpc) is 3.10. The van der Waals surface area contributed by atoms with E-state index in [0.717, 1.165) is 17.1 Å². The molecule has 140 valence electrons. The third-order valence-corrected chi connectivity index (χ3v) is 5.50. The molecule has 0 unspecified atom stereocenters. The van der Waals surface area contributed by atoms with Gasteiger partial charge in [-0.2, -0.15) is 14.7 Å². The molecule has 0 amide bonds. The van der Waals surface area contributed by atoms with E-state index in [1.165, 1.54) is 36.2 Å². The minimum Gasteiger partial charge on any atom is -0.507 e. The van der Waals surface area contributed by atoms with Crippen molar-refractivity contribution in [1.82, 2.24) is 4.37 Å². The molecule has 0 bridgehead atoms. The van der Waals surface area contributed by atoms with Crippen molar-refractivity contribution in [2.45, 2.75) is 10.8 Å². The fraction of sp³-hybridized carbons (Fsp3) is 0.0556. The summed E-state index contributed by atoms with van der Waals surface area (Å²) in [6, 6.07) is 15.6. The van der Waals surface area contributed by atoms with Gasteiger partial charge >= 0.3 is 0 Å². The number of phenolic OH excluding ortho intramolecular Hbond substituents is 1. The smallest absolute Gasteiger partial charge is 0.270 e. The van der Waals surface area contributed by atoms with Gasteiger partial charge in [-0.15, -0.1) is 0 Å². The lowest BCUT2D eigenvalue weighted by molar-refractivity contribution is -0.384. The van der Waals surface area contributed by atoms with Crippen LogP contribution in [0.25, 0.3) is 0 Å². The first-order chi connectivity index (χ1) is 13.6. The van der Waals surface area contributed by atoms with Crippen LogP contribution in [0.15, 0.2) is 58.7 Å². The molecule has 0 spiro atoms. The molecule has 8 nitrogen and oxygen atoms in total. The first-order valence-corrected chi connectivity index (χ1v) is 9.67. The third-order valence-electron chi connectivity index (χ3n) is 3.58. The quantitative estimate of drug-likeness (QED) is 0.256. The Labute approximate surface area is 168 Å². The van der Waals surface area contributed by atoms with Crippen LogP contribution in [0.2, 0.25) is 0 Å². The number of rotatable bonds is 7. The molecule has 28 heavy (non-hydrogen) atoms. The number of nitriles is 1.